The zero-order chi connectivity index (χ0) is 46.7. The molecule has 0 saturated carbocycles. The third-order valence-corrected chi connectivity index (χ3v) is 13.3. The second kappa shape index (κ2) is 52.3. The monoisotopic (exact) mass is 902 g/mol. The van der Waals surface area contributed by atoms with Crippen LogP contribution in [-0.2, 0) is 14.3 Å². The van der Waals surface area contributed by atoms with Crippen LogP contribution in [0.1, 0.15) is 310 Å². The van der Waals surface area contributed by atoms with Crippen LogP contribution in [0.3, 0.4) is 0 Å². The van der Waals surface area contributed by atoms with Crippen LogP contribution in [0, 0.1) is 0 Å². The fourth-order valence-corrected chi connectivity index (χ4v) is 8.89. The third-order valence-electron chi connectivity index (χ3n) is 13.3. The average molecular weight is 903 g/mol. The van der Waals surface area contributed by atoms with Gasteiger partial charge in [0.15, 0.2) is 0 Å². The van der Waals surface area contributed by atoms with Gasteiger partial charge in [0.25, 0.3) is 0 Å². The standard InChI is InChI=1S/C58H111NO5/c1-4-7-10-13-16-19-22-24-26-28-29-30-32-34-36-39-42-45-48-51-58(63)64-54(49-46-43-40-37-21-18-15-12-9-6-3)52-57(62)59-55(53-60)56(61)50-47-44-41-38-35-33-31-27-25-23-20-17-14-11-8-5-2/h18,21,24,26,54-56,60-61H,4-17,19-20,22-23,25,27-53H2,1-3H3,(H,59,62)/b21-18-,26-24+. The molecule has 0 aromatic heterocycles. The number of unbranched alkanes of at least 4 members (excludes halogenated alkanes) is 36. The molecule has 0 radical (unpaired) electrons. The summed E-state index contributed by atoms with van der Waals surface area (Å²) in [5.41, 5.74) is 0. The summed E-state index contributed by atoms with van der Waals surface area (Å²) in [6.07, 6.45) is 61.1. The average Bonchev–Trinajstić information content (AvgIpc) is 3.29. The number of rotatable bonds is 52. The number of carbonyl (C=O) groups excluding carboxylic acids is 2. The highest BCUT2D eigenvalue weighted by Gasteiger charge is 2.24. The molecule has 0 heterocycles. The van der Waals surface area contributed by atoms with E-state index in [1.54, 1.807) is 0 Å². The van der Waals surface area contributed by atoms with Crippen LogP contribution < -0.4 is 5.32 Å². The molecule has 0 aliphatic rings. The first-order valence-electron chi connectivity index (χ1n) is 28.6. The smallest absolute Gasteiger partial charge is 0.306 e. The lowest BCUT2D eigenvalue weighted by Crippen LogP contribution is -2.46. The van der Waals surface area contributed by atoms with E-state index in [-0.39, 0.29) is 24.9 Å². The van der Waals surface area contributed by atoms with Gasteiger partial charge in [0, 0.05) is 6.42 Å². The van der Waals surface area contributed by atoms with E-state index in [4.69, 9.17) is 4.74 Å². The molecule has 3 N–H and O–H groups in total. The van der Waals surface area contributed by atoms with Crippen molar-refractivity contribution in [1.82, 2.24) is 5.32 Å². The maximum atomic E-state index is 13.2. The van der Waals surface area contributed by atoms with Gasteiger partial charge in [-0.3, -0.25) is 9.59 Å². The molecule has 6 heteroatoms. The van der Waals surface area contributed by atoms with Crippen molar-refractivity contribution in [2.24, 2.45) is 0 Å². The van der Waals surface area contributed by atoms with Crippen LogP contribution in [0.15, 0.2) is 24.3 Å². The van der Waals surface area contributed by atoms with Crippen molar-refractivity contribution in [1.29, 1.82) is 0 Å². The van der Waals surface area contributed by atoms with Crippen LogP contribution >= 0.6 is 0 Å². The number of nitrogens with one attached hydrogen (secondary N) is 1. The Morgan fingerprint density at radius 2 is 0.750 bits per heavy atom. The van der Waals surface area contributed by atoms with E-state index in [1.165, 1.54) is 199 Å². The topological polar surface area (TPSA) is 95.9 Å². The molecule has 378 valence electrons. The van der Waals surface area contributed by atoms with Crippen molar-refractivity contribution in [3.8, 4) is 0 Å². The fourth-order valence-electron chi connectivity index (χ4n) is 8.89. The van der Waals surface area contributed by atoms with Gasteiger partial charge in [-0.05, 0) is 77.0 Å². The Balaban J connectivity index is 4.40. The Bertz CT molecular complexity index is 1010. The molecule has 0 aromatic rings. The van der Waals surface area contributed by atoms with Crippen molar-refractivity contribution in [2.45, 2.75) is 328 Å². The van der Waals surface area contributed by atoms with Gasteiger partial charge < -0.3 is 20.3 Å². The molecular weight excluding hydrogens is 791 g/mol. The number of amides is 1. The van der Waals surface area contributed by atoms with Crippen LogP contribution in [0.25, 0.3) is 0 Å². The molecule has 0 bridgehead atoms. The molecular formula is C58H111NO5. The second-order valence-corrected chi connectivity index (χ2v) is 19.7. The summed E-state index contributed by atoms with van der Waals surface area (Å²) in [4.78, 5) is 26.2. The van der Waals surface area contributed by atoms with Crippen molar-refractivity contribution >= 4 is 11.9 Å². The largest absolute Gasteiger partial charge is 0.462 e. The molecule has 3 unspecified atom stereocenters. The number of ether oxygens (including phenoxy) is 1. The van der Waals surface area contributed by atoms with Crippen molar-refractivity contribution in [3.63, 3.8) is 0 Å². The lowest BCUT2D eigenvalue weighted by molar-refractivity contribution is -0.151. The summed E-state index contributed by atoms with van der Waals surface area (Å²) in [5, 5.41) is 23.8. The van der Waals surface area contributed by atoms with E-state index in [2.05, 4.69) is 50.4 Å². The summed E-state index contributed by atoms with van der Waals surface area (Å²) < 4.78 is 5.94. The maximum Gasteiger partial charge on any atom is 0.306 e. The zero-order valence-electron chi connectivity index (χ0n) is 43.2. The highest BCUT2D eigenvalue weighted by Crippen LogP contribution is 2.18. The van der Waals surface area contributed by atoms with E-state index in [0.29, 0.717) is 19.3 Å². The van der Waals surface area contributed by atoms with Crippen LogP contribution in [-0.4, -0.2) is 46.9 Å². The molecule has 6 nitrogen and oxygen atoms in total. The predicted octanol–water partition coefficient (Wildman–Crippen LogP) is 17.5. The number of hydrogen-bond acceptors (Lipinski definition) is 5. The minimum absolute atomic E-state index is 0.0703. The summed E-state index contributed by atoms with van der Waals surface area (Å²) >= 11 is 0. The Labute approximate surface area is 399 Å². The first kappa shape index (κ1) is 62.3. The van der Waals surface area contributed by atoms with Gasteiger partial charge in [-0.25, -0.2) is 0 Å². The van der Waals surface area contributed by atoms with Crippen molar-refractivity contribution in [3.05, 3.63) is 24.3 Å². The summed E-state index contributed by atoms with van der Waals surface area (Å²) in [6.45, 7) is 6.48. The minimum Gasteiger partial charge on any atom is -0.462 e. The number of esters is 1. The lowest BCUT2D eigenvalue weighted by atomic mass is 10.0. The number of aliphatic hydroxyl groups is 2. The quantitative estimate of drug-likeness (QED) is 0.0321. The normalized spacial score (nSPS) is 13.3. The first-order valence-corrected chi connectivity index (χ1v) is 28.6. The fraction of sp³-hybridized carbons (Fsp3) is 0.897. The Hall–Kier alpha value is -1.66. The van der Waals surface area contributed by atoms with Gasteiger partial charge in [0.05, 0.1) is 25.2 Å². The van der Waals surface area contributed by atoms with Crippen LogP contribution in [0.4, 0.5) is 0 Å². The van der Waals surface area contributed by atoms with Crippen molar-refractivity contribution < 1.29 is 24.5 Å². The van der Waals surface area contributed by atoms with E-state index >= 15 is 0 Å². The van der Waals surface area contributed by atoms with Gasteiger partial charge in [0.1, 0.15) is 6.10 Å². The zero-order valence-corrected chi connectivity index (χ0v) is 43.2. The Morgan fingerprint density at radius 3 is 1.16 bits per heavy atom. The van der Waals surface area contributed by atoms with Gasteiger partial charge in [-0.1, -0.05) is 244 Å². The van der Waals surface area contributed by atoms with Crippen molar-refractivity contribution in [2.75, 3.05) is 6.61 Å². The molecule has 0 aliphatic carbocycles. The van der Waals surface area contributed by atoms with Gasteiger partial charge in [0.2, 0.25) is 5.91 Å². The lowest BCUT2D eigenvalue weighted by Gasteiger charge is -2.24. The molecule has 0 spiro atoms. The van der Waals surface area contributed by atoms with E-state index in [9.17, 15) is 19.8 Å². The van der Waals surface area contributed by atoms with Crippen LogP contribution in [0.5, 0.6) is 0 Å². The summed E-state index contributed by atoms with van der Waals surface area (Å²) in [7, 11) is 0. The van der Waals surface area contributed by atoms with Gasteiger partial charge in [-0.15, -0.1) is 0 Å². The number of hydrogen-bond donors (Lipinski definition) is 3. The molecule has 0 aliphatic heterocycles. The first-order chi connectivity index (χ1) is 31.5. The third kappa shape index (κ3) is 46.9. The SMILES string of the molecule is CCCCC/C=C\CCCCCC(CC(=O)NC(CO)C(O)CCCCCCCCCCCCCCCCCC)OC(=O)CCCCCCCCCCC/C=C/CCCCCCCC. The van der Waals surface area contributed by atoms with E-state index in [1.807, 2.05) is 0 Å². The summed E-state index contributed by atoms with van der Waals surface area (Å²) in [6, 6.07) is -0.703. The predicted molar refractivity (Wildman–Crippen MR) is 278 cm³/mol. The summed E-state index contributed by atoms with van der Waals surface area (Å²) in [5.74, 6) is -0.478. The number of allylic oxidation sites excluding steroid dienone is 4. The number of carbonyl (C=O) groups is 2. The van der Waals surface area contributed by atoms with E-state index in [0.717, 1.165) is 64.2 Å². The molecule has 64 heavy (non-hydrogen) atoms. The molecule has 3 atom stereocenters. The highest BCUT2D eigenvalue weighted by molar-refractivity contribution is 5.77. The second-order valence-electron chi connectivity index (χ2n) is 19.7. The molecule has 0 rings (SSSR count). The van der Waals surface area contributed by atoms with E-state index < -0.39 is 18.2 Å². The Kier molecular flexibility index (Phi) is 51.0. The molecule has 0 fully saturated rings. The molecule has 0 saturated heterocycles. The number of aliphatic hydroxyl groups excluding tert-OH is 2. The van der Waals surface area contributed by atoms with Gasteiger partial charge in [-0.2, -0.15) is 0 Å². The van der Waals surface area contributed by atoms with Gasteiger partial charge >= 0.3 is 5.97 Å². The maximum absolute atomic E-state index is 13.2. The van der Waals surface area contributed by atoms with Crippen LogP contribution in [0.2, 0.25) is 0 Å². The highest BCUT2D eigenvalue weighted by atomic mass is 16.5. The Morgan fingerprint density at radius 1 is 0.438 bits per heavy atom. The molecule has 1 amide bonds. The minimum atomic E-state index is -0.789. The molecule has 0 aromatic carbocycles.